The molecule has 0 radical (unpaired) electrons. The van der Waals surface area contributed by atoms with Gasteiger partial charge in [-0.15, -0.1) is 0 Å². The topological polar surface area (TPSA) is 42.3 Å². The van der Waals surface area contributed by atoms with E-state index in [1.54, 1.807) is 0 Å². The van der Waals surface area contributed by atoms with Crippen molar-refractivity contribution in [2.75, 3.05) is 13.1 Å². The van der Waals surface area contributed by atoms with E-state index in [-0.39, 0.29) is 23.1 Å². The Kier molecular flexibility index (Phi) is 3.42. The lowest BCUT2D eigenvalue weighted by molar-refractivity contribution is -0.133. The van der Waals surface area contributed by atoms with E-state index in [9.17, 15) is 9.59 Å². The largest absolute Gasteiger partial charge is 0.341 e. The molecular weight excluding hydrogens is 264 g/mol. The molecule has 1 amide bonds. The van der Waals surface area contributed by atoms with Crippen LogP contribution < -0.4 is 0 Å². The van der Waals surface area contributed by atoms with Gasteiger partial charge in [0.1, 0.15) is 6.04 Å². The van der Waals surface area contributed by atoms with E-state index in [0.29, 0.717) is 6.42 Å². The summed E-state index contributed by atoms with van der Waals surface area (Å²) >= 11 is 0. The van der Waals surface area contributed by atoms with Gasteiger partial charge in [0.05, 0.1) is 0 Å². The lowest BCUT2D eigenvalue weighted by atomic mass is 9.76. The summed E-state index contributed by atoms with van der Waals surface area (Å²) in [6.07, 6.45) is 5.58. The van der Waals surface area contributed by atoms with Crippen LogP contribution in [0.5, 0.6) is 0 Å². The first-order valence-corrected chi connectivity index (χ1v) is 7.91. The quantitative estimate of drug-likeness (QED) is 0.840. The van der Waals surface area contributed by atoms with Crippen molar-refractivity contribution in [3.8, 4) is 0 Å². The lowest BCUT2D eigenvalue weighted by Crippen LogP contribution is -2.35. The predicted molar refractivity (Wildman–Crippen MR) is 81.4 cm³/mol. The Hall–Kier alpha value is -1.58. The Morgan fingerprint density at radius 3 is 2.57 bits per heavy atom. The lowest BCUT2D eigenvalue weighted by Gasteiger charge is -2.31. The zero-order valence-electron chi connectivity index (χ0n) is 13.2. The van der Waals surface area contributed by atoms with E-state index in [1.807, 2.05) is 28.7 Å². The molecule has 0 N–H and O–H groups in total. The second-order valence-corrected chi connectivity index (χ2v) is 7.23. The summed E-state index contributed by atoms with van der Waals surface area (Å²) in [4.78, 5) is 26.8. The van der Waals surface area contributed by atoms with E-state index in [0.717, 1.165) is 43.6 Å². The highest BCUT2D eigenvalue weighted by molar-refractivity contribution is 5.99. The van der Waals surface area contributed by atoms with Crippen LogP contribution in [0.4, 0.5) is 0 Å². The number of amides is 1. The molecule has 1 saturated heterocycles. The molecule has 0 bridgehead atoms. The molecular formula is C17H24N2O2. The van der Waals surface area contributed by atoms with Crippen molar-refractivity contribution < 1.29 is 9.59 Å². The highest BCUT2D eigenvalue weighted by Gasteiger charge is 2.35. The number of likely N-dealkylation sites (tertiary alicyclic amines) is 1. The maximum absolute atomic E-state index is 12.6. The molecule has 3 rings (SSSR count). The number of nitrogens with zero attached hydrogens (tertiary/aromatic N) is 2. The first-order chi connectivity index (χ1) is 9.89. The van der Waals surface area contributed by atoms with Crippen LogP contribution in [0.25, 0.3) is 0 Å². The van der Waals surface area contributed by atoms with Gasteiger partial charge in [0, 0.05) is 37.0 Å². The summed E-state index contributed by atoms with van der Waals surface area (Å²) < 4.78 is 2.02. The highest BCUT2D eigenvalue weighted by Crippen LogP contribution is 2.36. The number of rotatable bonds is 2. The molecule has 1 unspecified atom stereocenters. The Bertz CT molecular complexity index is 580. The van der Waals surface area contributed by atoms with E-state index in [2.05, 4.69) is 13.8 Å². The van der Waals surface area contributed by atoms with Gasteiger partial charge in [-0.3, -0.25) is 9.59 Å². The summed E-state index contributed by atoms with van der Waals surface area (Å²) in [5.41, 5.74) is 1.84. The molecule has 0 spiro atoms. The van der Waals surface area contributed by atoms with E-state index >= 15 is 0 Å². The van der Waals surface area contributed by atoms with Crippen molar-refractivity contribution in [1.82, 2.24) is 9.47 Å². The average Bonchev–Trinajstić information content (AvgIpc) is 3.04. The summed E-state index contributed by atoms with van der Waals surface area (Å²) in [5.74, 6) is 0.391. The van der Waals surface area contributed by atoms with Gasteiger partial charge in [0.2, 0.25) is 5.91 Å². The maximum atomic E-state index is 12.6. The number of carbonyl (C=O) groups is 2. The molecule has 114 valence electrons. The van der Waals surface area contributed by atoms with Crippen LogP contribution in [-0.4, -0.2) is 34.2 Å². The third-order valence-electron chi connectivity index (χ3n) is 4.80. The Morgan fingerprint density at radius 2 is 1.90 bits per heavy atom. The number of aromatic nitrogens is 1. The minimum absolute atomic E-state index is 0.0173. The van der Waals surface area contributed by atoms with Crippen LogP contribution in [0.1, 0.15) is 62.1 Å². The van der Waals surface area contributed by atoms with Crippen molar-refractivity contribution in [2.45, 2.75) is 52.5 Å². The first kappa shape index (κ1) is 14.4. The molecule has 1 aliphatic heterocycles. The van der Waals surface area contributed by atoms with Gasteiger partial charge in [-0.25, -0.2) is 0 Å². The Labute approximate surface area is 126 Å². The molecule has 21 heavy (non-hydrogen) atoms. The second kappa shape index (κ2) is 5.00. The molecule has 0 saturated carbocycles. The van der Waals surface area contributed by atoms with Crippen molar-refractivity contribution in [3.05, 3.63) is 23.5 Å². The number of carbonyl (C=O) groups excluding carboxylic acids is 2. The Morgan fingerprint density at radius 1 is 1.24 bits per heavy atom. The maximum Gasteiger partial charge on any atom is 0.245 e. The van der Waals surface area contributed by atoms with Gasteiger partial charge in [0.25, 0.3) is 0 Å². The standard InChI is InChI=1S/C17H24N2O2/c1-12(16(21)18-7-4-5-8-18)19-9-6-13-14(19)10-17(2,3)11-15(13)20/h6,9,12H,4-5,7-8,10-11H2,1-3H3. The SMILES string of the molecule is CC(C(=O)N1CCCC1)n1ccc2c1CC(C)(C)CC2=O. The van der Waals surface area contributed by atoms with Crippen LogP contribution in [-0.2, 0) is 11.2 Å². The minimum atomic E-state index is -0.214. The van der Waals surface area contributed by atoms with Crippen molar-refractivity contribution in [1.29, 1.82) is 0 Å². The molecule has 2 heterocycles. The second-order valence-electron chi connectivity index (χ2n) is 7.23. The number of hydrogen-bond donors (Lipinski definition) is 0. The Balaban J connectivity index is 1.90. The number of ketones is 1. The van der Waals surface area contributed by atoms with Crippen molar-refractivity contribution in [3.63, 3.8) is 0 Å². The number of hydrogen-bond acceptors (Lipinski definition) is 2. The zero-order chi connectivity index (χ0) is 15.2. The summed E-state index contributed by atoms with van der Waals surface area (Å²) in [5, 5.41) is 0. The molecule has 1 aromatic rings. The van der Waals surface area contributed by atoms with Crippen LogP contribution in [0, 0.1) is 5.41 Å². The van der Waals surface area contributed by atoms with Crippen LogP contribution in [0.3, 0.4) is 0 Å². The summed E-state index contributed by atoms with van der Waals surface area (Å²) in [6, 6.07) is 1.68. The molecule has 4 nitrogen and oxygen atoms in total. The molecule has 1 atom stereocenters. The molecule has 1 aromatic heterocycles. The van der Waals surface area contributed by atoms with Gasteiger partial charge in [-0.05, 0) is 37.7 Å². The fraction of sp³-hybridized carbons (Fsp3) is 0.647. The van der Waals surface area contributed by atoms with Crippen molar-refractivity contribution >= 4 is 11.7 Å². The van der Waals surface area contributed by atoms with E-state index < -0.39 is 0 Å². The summed E-state index contributed by atoms with van der Waals surface area (Å²) in [7, 11) is 0. The minimum Gasteiger partial charge on any atom is -0.341 e. The first-order valence-electron chi connectivity index (χ1n) is 7.91. The third-order valence-corrected chi connectivity index (χ3v) is 4.80. The number of fused-ring (bicyclic) bond motifs is 1. The van der Waals surface area contributed by atoms with Gasteiger partial charge in [-0.1, -0.05) is 13.8 Å². The predicted octanol–water partition coefficient (Wildman–Crippen LogP) is 2.83. The van der Waals surface area contributed by atoms with Gasteiger partial charge >= 0.3 is 0 Å². The molecule has 4 heteroatoms. The smallest absolute Gasteiger partial charge is 0.245 e. The fourth-order valence-corrected chi connectivity index (χ4v) is 3.65. The normalized spacial score (nSPS) is 22.2. The average molecular weight is 288 g/mol. The van der Waals surface area contributed by atoms with Gasteiger partial charge < -0.3 is 9.47 Å². The highest BCUT2D eigenvalue weighted by atomic mass is 16.2. The van der Waals surface area contributed by atoms with E-state index in [1.165, 1.54) is 0 Å². The summed E-state index contributed by atoms with van der Waals surface area (Å²) in [6.45, 7) is 7.94. The number of Topliss-reactive ketones (excluding diaryl/α,β-unsaturated/α-hetero) is 1. The van der Waals surface area contributed by atoms with Crippen LogP contribution >= 0.6 is 0 Å². The zero-order valence-corrected chi connectivity index (χ0v) is 13.2. The van der Waals surface area contributed by atoms with Crippen LogP contribution in [0.2, 0.25) is 0 Å². The molecule has 1 aliphatic carbocycles. The fourth-order valence-electron chi connectivity index (χ4n) is 3.65. The van der Waals surface area contributed by atoms with Crippen LogP contribution in [0.15, 0.2) is 12.3 Å². The molecule has 0 aromatic carbocycles. The van der Waals surface area contributed by atoms with Gasteiger partial charge in [0.15, 0.2) is 5.78 Å². The monoisotopic (exact) mass is 288 g/mol. The molecule has 2 aliphatic rings. The van der Waals surface area contributed by atoms with Gasteiger partial charge in [-0.2, -0.15) is 0 Å². The van der Waals surface area contributed by atoms with E-state index in [4.69, 9.17) is 0 Å². The van der Waals surface area contributed by atoms with Crippen molar-refractivity contribution in [2.24, 2.45) is 5.41 Å². The molecule has 1 fully saturated rings. The third kappa shape index (κ3) is 2.52.